The molecule has 0 amide bonds. The Labute approximate surface area is 266 Å². The van der Waals surface area contributed by atoms with Gasteiger partial charge >= 0.3 is 0 Å². The maximum Gasteiger partial charge on any atom is 0.256 e. The predicted molar refractivity (Wildman–Crippen MR) is 188 cm³/mol. The molecular formula is C40H79N2+. The molecule has 0 saturated carbocycles. The van der Waals surface area contributed by atoms with Crippen molar-refractivity contribution < 1.29 is 4.57 Å². The van der Waals surface area contributed by atoms with Crippen LogP contribution in [0.1, 0.15) is 226 Å². The van der Waals surface area contributed by atoms with E-state index in [-0.39, 0.29) is 0 Å². The van der Waals surface area contributed by atoms with E-state index >= 15 is 0 Å². The average molecular weight is 588 g/mol. The zero-order valence-electron chi connectivity index (χ0n) is 29.6. The van der Waals surface area contributed by atoms with E-state index in [1.54, 1.807) is 5.82 Å². The molecule has 1 aromatic rings. The van der Waals surface area contributed by atoms with Crippen molar-refractivity contribution in [1.82, 2.24) is 4.57 Å². The van der Waals surface area contributed by atoms with E-state index in [0.29, 0.717) is 0 Å². The highest BCUT2D eigenvalue weighted by atomic mass is 15.1. The molecule has 0 saturated heterocycles. The average Bonchev–Trinajstić information content (AvgIpc) is 3.38. The Morgan fingerprint density at radius 2 is 0.738 bits per heavy atom. The standard InChI is InChI=1S/C40H79N2/c1-4-7-10-13-16-18-20-21-22-23-24-26-28-31-34-37-42-39-38-41(40(42)35-32-29-15-12-9-6-3)36-33-30-27-25-19-17-14-11-8-5-2/h38-39H,4-37H2,1-3H3/q+1. The molecule has 0 aliphatic carbocycles. The molecule has 0 aromatic carbocycles. The Morgan fingerprint density at radius 3 is 1.14 bits per heavy atom. The molecule has 1 aromatic heterocycles. The molecule has 0 unspecified atom stereocenters. The number of aryl methyl sites for hydroxylation is 2. The molecule has 0 bridgehead atoms. The van der Waals surface area contributed by atoms with Gasteiger partial charge in [0.2, 0.25) is 0 Å². The highest BCUT2D eigenvalue weighted by Crippen LogP contribution is 2.15. The second-order valence-corrected chi connectivity index (χ2v) is 13.8. The number of imidazole rings is 1. The van der Waals surface area contributed by atoms with Gasteiger partial charge in [-0.3, -0.25) is 0 Å². The molecule has 2 nitrogen and oxygen atoms in total. The van der Waals surface area contributed by atoms with Gasteiger partial charge in [-0.05, 0) is 32.1 Å². The molecule has 0 atom stereocenters. The minimum atomic E-state index is 1.23. The zero-order chi connectivity index (χ0) is 30.2. The van der Waals surface area contributed by atoms with E-state index in [2.05, 4.69) is 42.3 Å². The highest BCUT2D eigenvalue weighted by Gasteiger charge is 2.16. The van der Waals surface area contributed by atoms with Gasteiger partial charge in [0, 0.05) is 6.42 Å². The van der Waals surface area contributed by atoms with Gasteiger partial charge in [-0.2, -0.15) is 0 Å². The van der Waals surface area contributed by atoms with Crippen molar-refractivity contribution in [3.8, 4) is 0 Å². The summed E-state index contributed by atoms with van der Waals surface area (Å²) in [4.78, 5) is 0. The SMILES string of the molecule is CCCCCCCCCCCCCCCCCn1cc[n+](CCCCCCCCCCCC)c1CCCCCCCC. The quantitative estimate of drug-likeness (QED) is 0.0560. The van der Waals surface area contributed by atoms with Crippen molar-refractivity contribution in [3.63, 3.8) is 0 Å². The van der Waals surface area contributed by atoms with E-state index in [0.717, 1.165) is 0 Å². The zero-order valence-corrected chi connectivity index (χ0v) is 29.6. The Morgan fingerprint density at radius 1 is 0.405 bits per heavy atom. The van der Waals surface area contributed by atoms with E-state index in [9.17, 15) is 0 Å². The van der Waals surface area contributed by atoms with E-state index in [1.807, 2.05) is 0 Å². The van der Waals surface area contributed by atoms with Crippen LogP contribution >= 0.6 is 0 Å². The number of nitrogens with zero attached hydrogens (tertiary/aromatic N) is 2. The summed E-state index contributed by atoms with van der Waals surface area (Å²) in [6, 6.07) is 0. The van der Waals surface area contributed by atoms with Crippen LogP contribution < -0.4 is 4.57 Å². The topological polar surface area (TPSA) is 8.81 Å². The van der Waals surface area contributed by atoms with Crippen LogP contribution in [0.4, 0.5) is 0 Å². The summed E-state index contributed by atoms with van der Waals surface area (Å²) in [6.45, 7) is 9.40. The number of hydrogen-bond donors (Lipinski definition) is 0. The van der Waals surface area contributed by atoms with Crippen molar-refractivity contribution in [3.05, 3.63) is 18.2 Å². The van der Waals surface area contributed by atoms with Crippen LogP contribution in [-0.2, 0) is 19.5 Å². The molecule has 2 heteroatoms. The summed E-state index contributed by atoms with van der Waals surface area (Å²) in [5.41, 5.74) is 0. The monoisotopic (exact) mass is 588 g/mol. The molecule has 0 fully saturated rings. The van der Waals surface area contributed by atoms with Gasteiger partial charge in [0.1, 0.15) is 12.4 Å². The summed E-state index contributed by atoms with van der Waals surface area (Å²) in [5, 5.41) is 0. The lowest BCUT2D eigenvalue weighted by molar-refractivity contribution is -0.704. The third-order valence-electron chi connectivity index (χ3n) is 9.60. The van der Waals surface area contributed by atoms with Crippen molar-refractivity contribution >= 4 is 0 Å². The van der Waals surface area contributed by atoms with Gasteiger partial charge in [-0.25, -0.2) is 9.13 Å². The predicted octanol–water partition coefficient (Wildman–Crippen LogP) is 13.5. The lowest BCUT2D eigenvalue weighted by Gasteiger charge is -2.07. The molecule has 1 heterocycles. The van der Waals surface area contributed by atoms with Gasteiger partial charge < -0.3 is 0 Å². The summed E-state index contributed by atoms with van der Waals surface area (Å²) >= 11 is 0. The fourth-order valence-corrected chi connectivity index (χ4v) is 6.68. The normalized spacial score (nSPS) is 11.6. The van der Waals surface area contributed by atoms with Crippen LogP contribution in [0.15, 0.2) is 12.4 Å². The number of rotatable bonds is 34. The Balaban J connectivity index is 2.22. The van der Waals surface area contributed by atoms with E-state index < -0.39 is 0 Å². The molecule has 0 aliphatic heterocycles. The third kappa shape index (κ3) is 23.6. The smallest absolute Gasteiger partial charge is 0.234 e. The van der Waals surface area contributed by atoms with Crippen LogP contribution in [0, 0.1) is 0 Å². The fraction of sp³-hybridized carbons (Fsp3) is 0.925. The first-order chi connectivity index (χ1) is 20.8. The largest absolute Gasteiger partial charge is 0.256 e. The van der Waals surface area contributed by atoms with Crippen molar-refractivity contribution in [1.29, 1.82) is 0 Å². The Hall–Kier alpha value is -0.790. The van der Waals surface area contributed by atoms with Crippen LogP contribution in [-0.4, -0.2) is 4.57 Å². The van der Waals surface area contributed by atoms with Crippen LogP contribution in [0.3, 0.4) is 0 Å². The van der Waals surface area contributed by atoms with Gasteiger partial charge in [0.05, 0.1) is 13.1 Å². The van der Waals surface area contributed by atoms with Crippen LogP contribution in [0.5, 0.6) is 0 Å². The summed E-state index contributed by atoms with van der Waals surface area (Å²) in [7, 11) is 0. The van der Waals surface area contributed by atoms with E-state index in [1.165, 1.54) is 219 Å². The highest BCUT2D eigenvalue weighted by molar-refractivity contribution is 4.84. The van der Waals surface area contributed by atoms with Gasteiger partial charge in [-0.1, -0.05) is 188 Å². The maximum atomic E-state index is 2.63. The first-order valence-corrected chi connectivity index (χ1v) is 19.9. The lowest BCUT2D eigenvalue weighted by Crippen LogP contribution is -2.37. The van der Waals surface area contributed by atoms with Crippen molar-refractivity contribution in [2.45, 2.75) is 239 Å². The Bertz CT molecular complexity index is 648. The lowest BCUT2D eigenvalue weighted by atomic mass is 10.0. The van der Waals surface area contributed by atoms with Crippen LogP contribution in [0.2, 0.25) is 0 Å². The summed E-state index contributed by atoms with van der Waals surface area (Å²) in [6.07, 6.45) is 50.4. The molecule has 0 aliphatic rings. The first-order valence-electron chi connectivity index (χ1n) is 19.9. The third-order valence-corrected chi connectivity index (χ3v) is 9.60. The molecule has 0 radical (unpaired) electrons. The van der Waals surface area contributed by atoms with Gasteiger partial charge in [-0.15, -0.1) is 0 Å². The van der Waals surface area contributed by atoms with E-state index in [4.69, 9.17) is 0 Å². The molecule has 0 spiro atoms. The minimum absolute atomic E-state index is 1.23. The molecule has 0 N–H and O–H groups in total. The van der Waals surface area contributed by atoms with Gasteiger partial charge in [0.25, 0.3) is 5.82 Å². The second kappa shape index (κ2) is 31.6. The van der Waals surface area contributed by atoms with Crippen molar-refractivity contribution in [2.24, 2.45) is 0 Å². The number of hydrogen-bond acceptors (Lipinski definition) is 0. The van der Waals surface area contributed by atoms with Gasteiger partial charge in [0.15, 0.2) is 0 Å². The first kappa shape index (κ1) is 39.2. The number of aromatic nitrogens is 2. The molecular weight excluding hydrogens is 508 g/mol. The second-order valence-electron chi connectivity index (χ2n) is 13.8. The minimum Gasteiger partial charge on any atom is -0.234 e. The fourth-order valence-electron chi connectivity index (χ4n) is 6.68. The van der Waals surface area contributed by atoms with Crippen molar-refractivity contribution in [2.75, 3.05) is 0 Å². The summed E-state index contributed by atoms with van der Waals surface area (Å²) in [5.74, 6) is 1.62. The maximum absolute atomic E-state index is 2.63. The molecule has 1 rings (SSSR count). The Kier molecular flexibility index (Phi) is 29.5. The van der Waals surface area contributed by atoms with Crippen LogP contribution in [0.25, 0.3) is 0 Å². The summed E-state index contributed by atoms with van der Waals surface area (Å²) < 4.78 is 5.26. The number of unbranched alkanes of at least 4 members (excludes halogenated alkanes) is 28. The molecule has 248 valence electrons. The molecule has 42 heavy (non-hydrogen) atoms.